The van der Waals surface area contributed by atoms with Crippen molar-refractivity contribution in [1.82, 2.24) is 24.5 Å². The van der Waals surface area contributed by atoms with Gasteiger partial charge in [0, 0.05) is 58.5 Å². The number of hydrogen-bond acceptors (Lipinski definition) is 4. The second-order valence-electron chi connectivity index (χ2n) is 8.82. The van der Waals surface area contributed by atoms with Crippen molar-refractivity contribution in [2.24, 2.45) is 0 Å². The highest BCUT2D eigenvalue weighted by atomic mass is 79.9. The Kier molecular flexibility index (Phi) is 6.58. The Morgan fingerprint density at radius 2 is 2.09 bits per heavy atom. The zero-order chi connectivity index (χ0) is 23.5. The maximum Gasteiger partial charge on any atom is 0.321 e. The molecule has 174 valence electrons. The van der Waals surface area contributed by atoms with E-state index in [1.54, 1.807) is 6.20 Å². The van der Waals surface area contributed by atoms with Crippen LogP contribution in [0.1, 0.15) is 41.3 Å². The Bertz CT molecular complexity index is 1310. The molecule has 1 atom stereocenters. The molecular weight excluding hydrogens is 492 g/mol. The van der Waals surface area contributed by atoms with Gasteiger partial charge in [0.05, 0.1) is 6.20 Å². The summed E-state index contributed by atoms with van der Waals surface area (Å²) in [6, 6.07) is 13.8. The van der Waals surface area contributed by atoms with Crippen LogP contribution in [0.5, 0.6) is 0 Å². The van der Waals surface area contributed by atoms with Crippen molar-refractivity contribution in [2.75, 3.05) is 18.4 Å². The van der Waals surface area contributed by atoms with Crippen molar-refractivity contribution in [2.45, 2.75) is 38.5 Å². The minimum absolute atomic E-state index is 0.0683. The van der Waals surface area contributed by atoms with Crippen LogP contribution in [0.25, 0.3) is 5.65 Å². The van der Waals surface area contributed by atoms with Crippen molar-refractivity contribution < 1.29 is 4.79 Å². The van der Waals surface area contributed by atoms with Gasteiger partial charge in [0.1, 0.15) is 0 Å². The monoisotopic (exact) mass is 518 g/mol. The van der Waals surface area contributed by atoms with Crippen molar-refractivity contribution >= 4 is 33.3 Å². The van der Waals surface area contributed by atoms with Crippen molar-refractivity contribution in [1.29, 1.82) is 0 Å². The number of carbonyl (C=O) groups excluding carboxylic acids is 1. The Labute approximate surface area is 207 Å². The third-order valence-electron chi connectivity index (χ3n) is 6.34. The Morgan fingerprint density at radius 3 is 2.91 bits per heavy atom. The summed E-state index contributed by atoms with van der Waals surface area (Å²) >= 11 is 3.46. The number of halogens is 1. The zero-order valence-electron chi connectivity index (χ0n) is 19.1. The Morgan fingerprint density at radius 1 is 1.18 bits per heavy atom. The lowest BCUT2D eigenvalue weighted by atomic mass is 9.93. The molecule has 0 radical (unpaired) electrons. The number of amides is 2. The quantitative estimate of drug-likeness (QED) is 0.384. The van der Waals surface area contributed by atoms with Gasteiger partial charge in [-0.2, -0.15) is 5.10 Å². The maximum absolute atomic E-state index is 13.0. The van der Waals surface area contributed by atoms with E-state index >= 15 is 0 Å². The normalized spacial score (nSPS) is 16.1. The van der Waals surface area contributed by atoms with E-state index in [9.17, 15) is 4.79 Å². The van der Waals surface area contributed by atoms with Gasteiger partial charge in [-0.3, -0.25) is 4.98 Å². The largest absolute Gasteiger partial charge is 0.324 e. The average Bonchev–Trinajstić information content (AvgIpc) is 3.24. The lowest BCUT2D eigenvalue weighted by molar-refractivity contribution is 0.192. The van der Waals surface area contributed by atoms with E-state index in [0.29, 0.717) is 6.54 Å². The van der Waals surface area contributed by atoms with Crippen LogP contribution in [0.2, 0.25) is 0 Å². The molecule has 1 fully saturated rings. The minimum Gasteiger partial charge on any atom is -0.324 e. The van der Waals surface area contributed by atoms with Gasteiger partial charge in [0.15, 0.2) is 5.65 Å². The highest BCUT2D eigenvalue weighted by molar-refractivity contribution is 9.10. The molecule has 2 amide bonds. The molecule has 1 unspecified atom stereocenters. The summed E-state index contributed by atoms with van der Waals surface area (Å²) in [5.74, 6) is 0.193. The number of benzene rings is 1. The lowest BCUT2D eigenvalue weighted by Gasteiger charge is -2.32. The van der Waals surface area contributed by atoms with E-state index in [1.165, 1.54) is 5.56 Å². The summed E-state index contributed by atoms with van der Waals surface area (Å²) in [6.07, 6.45) is 9.28. The molecule has 34 heavy (non-hydrogen) atoms. The first-order valence-corrected chi connectivity index (χ1v) is 12.4. The number of hydrogen-bond donors (Lipinski definition) is 1. The van der Waals surface area contributed by atoms with E-state index in [1.807, 2.05) is 59.1 Å². The first-order valence-electron chi connectivity index (χ1n) is 11.6. The summed E-state index contributed by atoms with van der Waals surface area (Å²) in [5.41, 5.74) is 6.11. The Balaban J connectivity index is 1.36. The molecule has 1 aliphatic heterocycles. The summed E-state index contributed by atoms with van der Waals surface area (Å²) in [5, 5.41) is 7.60. The third kappa shape index (κ3) is 4.97. The van der Waals surface area contributed by atoms with Gasteiger partial charge in [-0.05, 0) is 68.5 Å². The molecular formula is C26H27BrN6O. The van der Waals surface area contributed by atoms with E-state index < -0.39 is 0 Å². The van der Waals surface area contributed by atoms with E-state index in [4.69, 9.17) is 4.98 Å². The molecule has 8 heteroatoms. The predicted molar refractivity (Wildman–Crippen MR) is 136 cm³/mol. The number of pyridine rings is 1. The van der Waals surface area contributed by atoms with Crippen molar-refractivity contribution in [3.05, 3.63) is 88.0 Å². The summed E-state index contributed by atoms with van der Waals surface area (Å²) in [4.78, 5) is 24.1. The fraction of sp³-hybridized carbons (Fsp3) is 0.308. The predicted octanol–water partition coefficient (Wildman–Crippen LogP) is 5.39. The molecule has 4 heterocycles. The standard InChI is InChI=1S/C26H27BrN6O/c1-18-15-29-33-23(10-9-19-5-3-11-28-16-19)14-24(31-25(18)33)20-6-4-12-32(17-20)26(34)30-22-8-2-7-21(27)13-22/h2-3,5,7-8,11,13-16,20H,4,6,9-10,12,17H2,1H3,(H,30,34). The SMILES string of the molecule is Cc1cnn2c(CCc3cccnc3)cc(C3CCCN(C(=O)Nc4cccc(Br)c4)C3)nc12. The molecule has 1 aliphatic rings. The van der Waals surface area contributed by atoms with Gasteiger partial charge in [0.25, 0.3) is 0 Å². The number of fused-ring (bicyclic) bond motifs is 1. The molecule has 1 N–H and O–H groups in total. The molecule has 4 aromatic rings. The first kappa shape index (κ1) is 22.5. The smallest absolute Gasteiger partial charge is 0.321 e. The van der Waals surface area contributed by atoms with E-state index in [-0.39, 0.29) is 11.9 Å². The average molecular weight is 519 g/mol. The van der Waals surface area contributed by atoms with Crippen LogP contribution in [0.3, 0.4) is 0 Å². The topological polar surface area (TPSA) is 75.4 Å². The van der Waals surface area contributed by atoms with E-state index in [2.05, 4.69) is 43.5 Å². The number of nitrogens with one attached hydrogen (secondary N) is 1. The second kappa shape index (κ2) is 9.93. The molecule has 0 bridgehead atoms. The maximum atomic E-state index is 13.0. The molecule has 7 nitrogen and oxygen atoms in total. The van der Waals surface area contributed by atoms with Crippen molar-refractivity contribution in [3.63, 3.8) is 0 Å². The molecule has 0 saturated carbocycles. The van der Waals surface area contributed by atoms with Crippen LogP contribution in [0.4, 0.5) is 10.5 Å². The number of rotatable bonds is 5. The fourth-order valence-electron chi connectivity index (χ4n) is 4.53. The number of aromatic nitrogens is 4. The van der Waals surface area contributed by atoms with Crippen LogP contribution >= 0.6 is 15.9 Å². The molecule has 1 aromatic carbocycles. The fourth-order valence-corrected chi connectivity index (χ4v) is 4.93. The highest BCUT2D eigenvalue weighted by Crippen LogP contribution is 2.28. The van der Waals surface area contributed by atoms with Gasteiger partial charge in [-0.25, -0.2) is 14.3 Å². The first-order chi connectivity index (χ1) is 16.6. The highest BCUT2D eigenvalue weighted by Gasteiger charge is 2.27. The van der Waals surface area contributed by atoms with Gasteiger partial charge < -0.3 is 10.2 Å². The van der Waals surface area contributed by atoms with Crippen LogP contribution in [-0.4, -0.2) is 43.6 Å². The number of likely N-dealkylation sites (tertiary alicyclic amines) is 1. The molecule has 0 spiro atoms. The molecule has 1 saturated heterocycles. The number of nitrogens with zero attached hydrogens (tertiary/aromatic N) is 5. The summed E-state index contributed by atoms with van der Waals surface area (Å²) in [7, 11) is 0. The van der Waals surface area contributed by atoms with Crippen LogP contribution in [0.15, 0.2) is 65.5 Å². The van der Waals surface area contributed by atoms with Gasteiger partial charge in [-0.1, -0.05) is 28.1 Å². The lowest BCUT2D eigenvalue weighted by Crippen LogP contribution is -2.41. The Hall–Kier alpha value is -3.26. The van der Waals surface area contributed by atoms with Crippen LogP contribution in [-0.2, 0) is 12.8 Å². The minimum atomic E-state index is -0.0683. The number of anilines is 1. The van der Waals surface area contributed by atoms with Crippen LogP contribution < -0.4 is 5.32 Å². The van der Waals surface area contributed by atoms with Crippen LogP contribution in [0, 0.1) is 6.92 Å². The number of aryl methyl sites for hydroxylation is 3. The number of piperidine rings is 1. The van der Waals surface area contributed by atoms with Crippen molar-refractivity contribution in [3.8, 4) is 0 Å². The second-order valence-corrected chi connectivity index (χ2v) is 9.74. The number of carbonyl (C=O) groups is 1. The summed E-state index contributed by atoms with van der Waals surface area (Å²) < 4.78 is 2.89. The molecule has 3 aromatic heterocycles. The zero-order valence-corrected chi connectivity index (χ0v) is 20.7. The molecule has 0 aliphatic carbocycles. The molecule has 5 rings (SSSR count). The van der Waals surface area contributed by atoms with Gasteiger partial charge in [-0.15, -0.1) is 0 Å². The third-order valence-corrected chi connectivity index (χ3v) is 6.83. The summed E-state index contributed by atoms with van der Waals surface area (Å²) in [6.45, 7) is 3.44. The number of urea groups is 1. The van der Waals surface area contributed by atoms with Gasteiger partial charge >= 0.3 is 6.03 Å². The van der Waals surface area contributed by atoms with Gasteiger partial charge in [0.2, 0.25) is 0 Å². The van der Waals surface area contributed by atoms with E-state index in [0.717, 1.165) is 65.0 Å².